The first-order valence-electron chi connectivity index (χ1n) is 11.9. The van der Waals surface area contributed by atoms with E-state index in [1.807, 2.05) is 0 Å². The summed E-state index contributed by atoms with van der Waals surface area (Å²) >= 11 is 9.46. The van der Waals surface area contributed by atoms with Crippen molar-refractivity contribution in [2.75, 3.05) is 17.1 Å². The number of alkyl halides is 3. The predicted octanol–water partition coefficient (Wildman–Crippen LogP) is 5.36. The third kappa shape index (κ3) is 7.86. The summed E-state index contributed by atoms with van der Waals surface area (Å²) in [6.07, 6.45) is -0.359. The van der Waals surface area contributed by atoms with Crippen LogP contribution in [0.2, 0.25) is 5.02 Å². The molecule has 13 heteroatoms. The second kappa shape index (κ2) is 12.3. The van der Waals surface area contributed by atoms with Gasteiger partial charge in [0.15, 0.2) is 0 Å². The van der Waals surface area contributed by atoms with Gasteiger partial charge in [-0.1, -0.05) is 52.5 Å². The summed E-state index contributed by atoms with van der Waals surface area (Å²) in [4.78, 5) is 27.9. The van der Waals surface area contributed by atoms with Crippen molar-refractivity contribution in [3.05, 3.63) is 63.1 Å². The molecule has 1 unspecified atom stereocenters. The molecule has 0 bridgehead atoms. The molecule has 1 atom stereocenters. The highest BCUT2D eigenvalue weighted by molar-refractivity contribution is 9.10. The van der Waals surface area contributed by atoms with Gasteiger partial charge in [-0.05, 0) is 55.7 Å². The van der Waals surface area contributed by atoms with Gasteiger partial charge in [0, 0.05) is 17.1 Å². The third-order valence-corrected chi connectivity index (χ3v) is 8.27. The Kier molecular flexibility index (Phi) is 9.75. The maximum atomic E-state index is 13.6. The van der Waals surface area contributed by atoms with Crippen LogP contribution in [0, 0.1) is 0 Å². The number of anilines is 1. The van der Waals surface area contributed by atoms with Crippen LogP contribution >= 0.6 is 27.5 Å². The first-order valence-corrected chi connectivity index (χ1v) is 14.9. The quantitative estimate of drug-likeness (QED) is 0.401. The van der Waals surface area contributed by atoms with Crippen LogP contribution < -0.4 is 9.62 Å². The summed E-state index contributed by atoms with van der Waals surface area (Å²) in [5.74, 6) is -1.18. The van der Waals surface area contributed by atoms with Gasteiger partial charge >= 0.3 is 6.18 Å². The van der Waals surface area contributed by atoms with Crippen molar-refractivity contribution in [3.8, 4) is 0 Å². The molecule has 1 fully saturated rings. The van der Waals surface area contributed by atoms with Gasteiger partial charge in [-0.2, -0.15) is 13.2 Å². The van der Waals surface area contributed by atoms with Crippen molar-refractivity contribution in [1.82, 2.24) is 10.2 Å². The van der Waals surface area contributed by atoms with Crippen LogP contribution in [0.4, 0.5) is 18.9 Å². The fourth-order valence-electron chi connectivity index (χ4n) is 4.28. The Morgan fingerprint density at radius 1 is 1.16 bits per heavy atom. The van der Waals surface area contributed by atoms with E-state index in [-0.39, 0.29) is 17.6 Å². The molecular formula is C25H28BrClF3N3O4S. The van der Waals surface area contributed by atoms with Gasteiger partial charge in [-0.15, -0.1) is 0 Å². The Hall–Kier alpha value is -2.31. The molecular weight excluding hydrogens is 611 g/mol. The minimum absolute atomic E-state index is 0.01000. The van der Waals surface area contributed by atoms with E-state index < -0.39 is 51.9 Å². The van der Waals surface area contributed by atoms with Crippen LogP contribution in [-0.4, -0.2) is 50.0 Å². The molecule has 7 nitrogen and oxygen atoms in total. The zero-order valence-corrected chi connectivity index (χ0v) is 23.9. The second-order valence-corrected chi connectivity index (χ2v) is 12.5. The molecule has 1 saturated carbocycles. The molecule has 2 amide bonds. The van der Waals surface area contributed by atoms with Crippen LogP contribution in [0.5, 0.6) is 0 Å². The average molecular weight is 639 g/mol. The van der Waals surface area contributed by atoms with Gasteiger partial charge < -0.3 is 10.2 Å². The summed E-state index contributed by atoms with van der Waals surface area (Å²) in [5, 5.41) is 2.66. The molecule has 2 aromatic rings. The number of carbonyl (C=O) groups excluding carboxylic acids is 2. The maximum absolute atomic E-state index is 13.6. The van der Waals surface area contributed by atoms with E-state index in [1.165, 1.54) is 11.8 Å². The molecule has 0 spiro atoms. The fourth-order valence-corrected chi connectivity index (χ4v) is 5.85. The molecule has 2 aromatic carbocycles. The smallest absolute Gasteiger partial charge is 0.352 e. The van der Waals surface area contributed by atoms with E-state index >= 15 is 0 Å². The lowest BCUT2D eigenvalue weighted by Gasteiger charge is -2.32. The van der Waals surface area contributed by atoms with Crippen LogP contribution in [0.15, 0.2) is 46.9 Å². The molecule has 208 valence electrons. The van der Waals surface area contributed by atoms with Crippen LogP contribution in [0.25, 0.3) is 0 Å². The standard InChI is InChI=1S/C25H28BrClF3N3O4S/c1-16(24(35)31-20-8-3-4-9-20)32(14-17-6-5-7-19(26)12-17)23(34)15-33(38(2,36)37)22-13-18(25(28,29)30)10-11-21(22)27/h5-7,10-13,16,20H,3-4,8-9,14-15H2,1-2H3,(H,31,35). The number of halogens is 5. The highest BCUT2D eigenvalue weighted by Gasteiger charge is 2.35. The number of hydrogen-bond acceptors (Lipinski definition) is 4. The summed E-state index contributed by atoms with van der Waals surface area (Å²) in [6, 6.07) is 8.27. The monoisotopic (exact) mass is 637 g/mol. The average Bonchev–Trinajstić information content (AvgIpc) is 3.32. The lowest BCUT2D eigenvalue weighted by Crippen LogP contribution is -2.52. The van der Waals surface area contributed by atoms with E-state index in [0.717, 1.165) is 48.5 Å². The van der Waals surface area contributed by atoms with Crippen molar-refractivity contribution >= 4 is 55.1 Å². The van der Waals surface area contributed by atoms with E-state index in [1.54, 1.807) is 24.3 Å². The summed E-state index contributed by atoms with van der Waals surface area (Å²) in [6.45, 7) is 0.641. The predicted molar refractivity (Wildman–Crippen MR) is 143 cm³/mol. The molecule has 0 saturated heterocycles. The number of amides is 2. The number of benzene rings is 2. The van der Waals surface area contributed by atoms with Gasteiger partial charge in [-0.25, -0.2) is 8.42 Å². The fraction of sp³-hybridized carbons (Fsp3) is 0.440. The number of hydrogen-bond donors (Lipinski definition) is 1. The number of rotatable bonds is 9. The number of nitrogens with zero attached hydrogens (tertiary/aromatic N) is 2. The Labute approximate surface area is 233 Å². The van der Waals surface area contributed by atoms with Crippen molar-refractivity contribution in [3.63, 3.8) is 0 Å². The van der Waals surface area contributed by atoms with Crippen LogP contribution in [0.3, 0.4) is 0 Å². The van der Waals surface area contributed by atoms with Crippen LogP contribution in [-0.2, 0) is 32.3 Å². The number of sulfonamides is 1. The minimum atomic E-state index is -4.76. The zero-order valence-electron chi connectivity index (χ0n) is 20.8. The van der Waals surface area contributed by atoms with Gasteiger partial charge in [0.25, 0.3) is 0 Å². The largest absolute Gasteiger partial charge is 0.416 e. The van der Waals surface area contributed by atoms with Gasteiger partial charge in [0.05, 0.1) is 22.5 Å². The normalized spacial score (nSPS) is 15.2. The van der Waals surface area contributed by atoms with Gasteiger partial charge in [0.2, 0.25) is 21.8 Å². The van der Waals surface area contributed by atoms with Crippen LogP contribution in [0.1, 0.15) is 43.7 Å². The van der Waals surface area contributed by atoms with E-state index in [0.29, 0.717) is 15.9 Å². The van der Waals surface area contributed by atoms with Crippen molar-refractivity contribution < 1.29 is 31.2 Å². The second-order valence-electron chi connectivity index (χ2n) is 9.25. The molecule has 0 heterocycles. The highest BCUT2D eigenvalue weighted by atomic mass is 79.9. The van der Waals surface area contributed by atoms with E-state index in [4.69, 9.17) is 11.6 Å². The molecule has 0 aromatic heterocycles. The van der Waals surface area contributed by atoms with E-state index in [9.17, 15) is 31.2 Å². The summed E-state index contributed by atoms with van der Waals surface area (Å²) in [5.41, 5.74) is -0.938. The first-order chi connectivity index (χ1) is 17.7. The molecule has 1 N–H and O–H groups in total. The number of nitrogens with one attached hydrogen (secondary N) is 1. The van der Waals surface area contributed by atoms with E-state index in [2.05, 4.69) is 21.2 Å². The third-order valence-electron chi connectivity index (χ3n) is 6.33. The summed E-state index contributed by atoms with van der Waals surface area (Å²) in [7, 11) is -4.25. The van der Waals surface area contributed by atoms with Crippen molar-refractivity contribution in [1.29, 1.82) is 0 Å². The molecule has 0 aliphatic heterocycles. The Morgan fingerprint density at radius 3 is 2.39 bits per heavy atom. The Bertz CT molecular complexity index is 1290. The minimum Gasteiger partial charge on any atom is -0.352 e. The maximum Gasteiger partial charge on any atom is 0.416 e. The topological polar surface area (TPSA) is 86.8 Å². The SMILES string of the molecule is CC(C(=O)NC1CCCC1)N(Cc1cccc(Br)c1)C(=O)CN(c1cc(C(F)(F)F)ccc1Cl)S(C)(=O)=O. The molecule has 0 radical (unpaired) electrons. The zero-order chi connectivity index (χ0) is 28.3. The molecule has 38 heavy (non-hydrogen) atoms. The highest BCUT2D eigenvalue weighted by Crippen LogP contribution is 2.36. The lowest BCUT2D eigenvalue weighted by atomic mass is 10.1. The molecule has 3 rings (SSSR count). The summed E-state index contributed by atoms with van der Waals surface area (Å²) < 4.78 is 66.7. The Morgan fingerprint density at radius 2 is 1.82 bits per heavy atom. The first kappa shape index (κ1) is 30.2. The van der Waals surface area contributed by atoms with Crippen molar-refractivity contribution in [2.24, 2.45) is 0 Å². The number of carbonyl (C=O) groups is 2. The lowest BCUT2D eigenvalue weighted by molar-refractivity contribution is -0.139. The molecule has 1 aliphatic rings. The van der Waals surface area contributed by atoms with Gasteiger partial charge in [0.1, 0.15) is 12.6 Å². The van der Waals surface area contributed by atoms with Crippen molar-refractivity contribution in [2.45, 2.75) is 57.4 Å². The molecule has 1 aliphatic carbocycles. The van der Waals surface area contributed by atoms with Gasteiger partial charge in [-0.3, -0.25) is 13.9 Å². The Balaban J connectivity index is 1.96.